The van der Waals surface area contributed by atoms with Gasteiger partial charge in [0.15, 0.2) is 0 Å². The van der Waals surface area contributed by atoms with Gasteiger partial charge in [-0.1, -0.05) is 24.3 Å². The molecule has 2 aromatic heterocycles. The molecule has 0 saturated heterocycles. The number of nitrogens with one attached hydrogen (secondary N) is 4. The Bertz CT molecular complexity index is 2320. The van der Waals surface area contributed by atoms with Crippen molar-refractivity contribution in [3.63, 3.8) is 0 Å². The molecule has 0 aliphatic rings. The first-order valence-electron chi connectivity index (χ1n) is 21.8. The van der Waals surface area contributed by atoms with Crippen LogP contribution in [0.3, 0.4) is 0 Å². The summed E-state index contributed by atoms with van der Waals surface area (Å²) in [6.07, 6.45) is 0.747. The van der Waals surface area contributed by atoms with Crippen LogP contribution in [0.4, 0.5) is 47.1 Å². The molecule has 0 spiro atoms. The zero-order valence-electron chi connectivity index (χ0n) is 39.6. The Balaban J connectivity index is 1.70. The highest BCUT2D eigenvalue weighted by Crippen LogP contribution is 2.29. The zero-order chi connectivity index (χ0) is 50.3. The van der Waals surface area contributed by atoms with Gasteiger partial charge in [-0.05, 0) is 117 Å². The van der Waals surface area contributed by atoms with Crippen molar-refractivity contribution in [2.75, 3.05) is 112 Å². The third kappa shape index (κ3) is 18.6. The van der Waals surface area contributed by atoms with Gasteiger partial charge in [0.25, 0.3) is 20.2 Å². The molecular weight excluding hydrogens is 925 g/mol. The molecule has 0 radical (unpaired) electrons. The van der Waals surface area contributed by atoms with Crippen molar-refractivity contribution in [2.24, 2.45) is 0 Å². The molecule has 0 bridgehead atoms. The SMILES string of the molecule is CC(O)CN(CC(C)O)c1nc(NCCCN(C)C)nc(Nc2ccc(/C=C/c3ccc(Nc4nc(NCCCN(C)C)nc(N(CC(C)O)CC(C)O)n4)cc3S(=O)(=O)O)c(S(=O)(=O)O)c2)n1. The van der Waals surface area contributed by atoms with E-state index >= 15 is 0 Å². The fourth-order valence-electron chi connectivity index (χ4n) is 6.61. The van der Waals surface area contributed by atoms with Crippen molar-refractivity contribution in [1.82, 2.24) is 39.7 Å². The molecule has 2 heterocycles. The zero-order valence-corrected chi connectivity index (χ0v) is 41.2. The summed E-state index contributed by atoms with van der Waals surface area (Å²) >= 11 is 0. The van der Waals surface area contributed by atoms with Crippen LogP contribution in [0.1, 0.15) is 51.7 Å². The van der Waals surface area contributed by atoms with E-state index < -0.39 is 54.4 Å². The first kappa shape index (κ1) is 55.2. The molecule has 0 aliphatic carbocycles. The lowest BCUT2D eigenvalue weighted by Crippen LogP contribution is -2.37. The first-order valence-corrected chi connectivity index (χ1v) is 24.7. The molecule has 376 valence electrons. The van der Waals surface area contributed by atoms with E-state index in [-0.39, 0.29) is 84.4 Å². The van der Waals surface area contributed by atoms with Gasteiger partial charge in [0, 0.05) is 50.6 Å². The van der Waals surface area contributed by atoms with Crippen LogP contribution in [0.15, 0.2) is 46.2 Å². The predicted molar refractivity (Wildman–Crippen MR) is 262 cm³/mol. The summed E-state index contributed by atoms with van der Waals surface area (Å²) < 4.78 is 71.9. The third-order valence-electron chi connectivity index (χ3n) is 9.42. The molecule has 0 amide bonds. The van der Waals surface area contributed by atoms with E-state index in [0.29, 0.717) is 13.1 Å². The van der Waals surface area contributed by atoms with Gasteiger partial charge in [0.2, 0.25) is 35.7 Å². The van der Waals surface area contributed by atoms with Crippen molar-refractivity contribution in [2.45, 2.75) is 74.7 Å². The largest absolute Gasteiger partial charge is 0.392 e. The Labute approximate surface area is 398 Å². The molecule has 10 N–H and O–H groups in total. The Morgan fingerprint density at radius 2 is 0.853 bits per heavy atom. The minimum absolute atomic E-state index is 0.0277. The second-order valence-electron chi connectivity index (χ2n) is 17.0. The van der Waals surface area contributed by atoms with Crippen LogP contribution in [0.5, 0.6) is 0 Å². The van der Waals surface area contributed by atoms with E-state index in [1.54, 1.807) is 37.5 Å². The standard InChI is InChI=1S/C42H66N14O10S2/c1-27(57)23-55(24-28(2)58)41-49-37(43-17-9-19-53(5)6)47-39(51-41)45-33-15-13-31(35(21-33)67(61,62)63)11-12-32-14-16-34(22-36(32)68(64,65)66)46-40-48-38(44-18-10-20-54(7)8)50-42(52-40)56(25-29(3)59)26-30(4)60/h11-16,21-22,27-30,57-60H,9-10,17-20,23-26H2,1-8H3,(H,61,62,63)(H,64,65,66)(H2,43,45,47,49,51)(H2,44,46,48,50,52)/b12-11+. The average Bonchev–Trinajstić information content (AvgIpc) is 3.21. The maximum absolute atomic E-state index is 12.8. The van der Waals surface area contributed by atoms with Crippen LogP contribution in [0.2, 0.25) is 0 Å². The van der Waals surface area contributed by atoms with Crippen LogP contribution in [-0.4, -0.2) is 191 Å². The summed E-state index contributed by atoms with van der Waals surface area (Å²) in [5.74, 6) is 0.507. The normalized spacial score (nSPS) is 13.9. The van der Waals surface area contributed by atoms with E-state index in [9.17, 15) is 46.4 Å². The molecule has 24 nitrogen and oxygen atoms in total. The second-order valence-corrected chi connectivity index (χ2v) is 19.8. The van der Waals surface area contributed by atoms with Crippen molar-refractivity contribution < 1.29 is 46.4 Å². The fraction of sp³-hybridized carbons (Fsp3) is 0.524. The number of aliphatic hydroxyl groups excluding tert-OH is 4. The van der Waals surface area contributed by atoms with Gasteiger partial charge in [0.05, 0.1) is 24.4 Å². The van der Waals surface area contributed by atoms with Gasteiger partial charge in [-0.3, -0.25) is 9.11 Å². The van der Waals surface area contributed by atoms with Crippen LogP contribution in [0.25, 0.3) is 12.2 Å². The number of aliphatic hydroxyl groups is 4. The summed E-state index contributed by atoms with van der Waals surface area (Å²) in [5.41, 5.74) is 0.155. The highest BCUT2D eigenvalue weighted by Gasteiger charge is 2.22. The van der Waals surface area contributed by atoms with E-state index in [1.807, 2.05) is 38.0 Å². The van der Waals surface area contributed by atoms with Crippen LogP contribution < -0.4 is 31.1 Å². The van der Waals surface area contributed by atoms with Gasteiger partial charge in [-0.25, -0.2) is 0 Å². The van der Waals surface area contributed by atoms with E-state index in [0.717, 1.165) is 38.1 Å². The van der Waals surface area contributed by atoms with Gasteiger partial charge in [-0.15, -0.1) is 0 Å². The summed E-state index contributed by atoms with van der Waals surface area (Å²) in [7, 11) is -2.05. The molecule has 4 rings (SSSR count). The molecule has 0 saturated carbocycles. The van der Waals surface area contributed by atoms with E-state index in [4.69, 9.17) is 0 Å². The molecule has 0 fully saturated rings. The highest BCUT2D eigenvalue weighted by atomic mass is 32.2. The number of rotatable bonds is 28. The maximum atomic E-state index is 12.8. The lowest BCUT2D eigenvalue weighted by atomic mass is 10.1. The van der Waals surface area contributed by atoms with Crippen LogP contribution in [0, 0.1) is 0 Å². The van der Waals surface area contributed by atoms with Crippen LogP contribution in [-0.2, 0) is 20.2 Å². The van der Waals surface area contributed by atoms with Crippen molar-refractivity contribution in [3.8, 4) is 0 Å². The smallest absolute Gasteiger partial charge is 0.295 e. The van der Waals surface area contributed by atoms with Gasteiger partial charge in [-0.2, -0.15) is 46.7 Å². The Morgan fingerprint density at radius 1 is 0.529 bits per heavy atom. The molecule has 26 heteroatoms. The molecule has 4 atom stereocenters. The summed E-state index contributed by atoms with van der Waals surface area (Å²) in [6.45, 7) is 9.16. The van der Waals surface area contributed by atoms with Gasteiger partial charge >= 0.3 is 0 Å². The molecule has 68 heavy (non-hydrogen) atoms. The van der Waals surface area contributed by atoms with Crippen molar-refractivity contribution in [3.05, 3.63) is 47.5 Å². The lowest BCUT2D eigenvalue weighted by Gasteiger charge is -2.26. The molecule has 2 aromatic carbocycles. The summed E-state index contributed by atoms with van der Waals surface area (Å²) in [6, 6.07) is 7.90. The van der Waals surface area contributed by atoms with E-state index in [1.165, 1.54) is 36.4 Å². The Hall–Kier alpha value is -5.42. The minimum atomic E-state index is -4.91. The lowest BCUT2D eigenvalue weighted by molar-refractivity contribution is 0.176. The Morgan fingerprint density at radius 3 is 1.15 bits per heavy atom. The topological polar surface area (TPSA) is 328 Å². The number of anilines is 8. The highest BCUT2D eigenvalue weighted by molar-refractivity contribution is 7.86. The summed E-state index contributed by atoms with van der Waals surface area (Å²) in [5, 5.41) is 53.0. The summed E-state index contributed by atoms with van der Waals surface area (Å²) in [4.78, 5) is 32.9. The van der Waals surface area contributed by atoms with Gasteiger partial charge < -0.3 is 61.3 Å². The number of hydrogen-bond acceptors (Lipinski definition) is 22. The third-order valence-corrected chi connectivity index (χ3v) is 11.2. The average molecular weight is 991 g/mol. The van der Waals surface area contributed by atoms with Crippen molar-refractivity contribution >= 4 is 79.5 Å². The second kappa shape index (κ2) is 25.3. The first-order chi connectivity index (χ1) is 31.9. The number of hydrogen-bond donors (Lipinski definition) is 10. The fourth-order valence-corrected chi connectivity index (χ4v) is 8.03. The Kier molecular flexibility index (Phi) is 20.5. The quantitative estimate of drug-likeness (QED) is 0.0221. The number of nitrogens with zero attached hydrogens (tertiary/aromatic N) is 10. The number of aromatic nitrogens is 6. The molecule has 0 aliphatic heterocycles. The minimum Gasteiger partial charge on any atom is -0.392 e. The maximum Gasteiger partial charge on any atom is 0.295 e. The number of benzene rings is 2. The molecular formula is C42H66N14O10S2. The monoisotopic (exact) mass is 990 g/mol. The van der Waals surface area contributed by atoms with Gasteiger partial charge in [0.1, 0.15) is 9.79 Å². The van der Waals surface area contributed by atoms with E-state index in [2.05, 4.69) is 51.2 Å². The molecule has 4 aromatic rings. The van der Waals surface area contributed by atoms with Crippen molar-refractivity contribution in [1.29, 1.82) is 0 Å². The predicted octanol–water partition coefficient (Wildman–Crippen LogP) is 2.07. The van der Waals surface area contributed by atoms with Crippen LogP contribution >= 0.6 is 0 Å². The molecule has 4 unspecified atom stereocenters.